The Hall–Kier alpha value is -2.18. The van der Waals surface area contributed by atoms with Crippen LogP contribution >= 0.6 is 0 Å². The lowest BCUT2D eigenvalue weighted by molar-refractivity contribution is -0.0888. The molecule has 112 valence electrons. The van der Waals surface area contributed by atoms with Gasteiger partial charge in [0.25, 0.3) is 5.78 Å². The van der Waals surface area contributed by atoms with Crippen LogP contribution in [0, 0.1) is 0 Å². The first kappa shape index (κ1) is 15.2. The smallest absolute Gasteiger partial charge is 0.282 e. The van der Waals surface area contributed by atoms with Gasteiger partial charge in [0.2, 0.25) is 0 Å². The van der Waals surface area contributed by atoms with Gasteiger partial charge in [-0.1, -0.05) is 43.3 Å². The Morgan fingerprint density at radius 1 is 1.24 bits per heavy atom. The summed E-state index contributed by atoms with van der Waals surface area (Å²) in [6, 6.07) is 7.67. The van der Waals surface area contributed by atoms with Gasteiger partial charge in [0.05, 0.1) is 12.7 Å². The van der Waals surface area contributed by atoms with Crippen molar-refractivity contribution < 1.29 is 18.0 Å². The second kappa shape index (κ2) is 5.67. The maximum atomic E-state index is 12.3. The van der Waals surface area contributed by atoms with Crippen LogP contribution in [0.1, 0.15) is 41.4 Å². The Labute approximate surface area is 119 Å². The van der Waals surface area contributed by atoms with E-state index in [9.17, 15) is 18.0 Å². The predicted molar refractivity (Wildman–Crippen MR) is 70.0 cm³/mol. The summed E-state index contributed by atoms with van der Waals surface area (Å²) < 4.78 is 38.0. The highest BCUT2D eigenvalue weighted by Crippen LogP contribution is 2.20. The molecule has 0 aliphatic rings. The normalized spacial score (nSPS) is 11.9. The Kier molecular flexibility index (Phi) is 4.11. The molecule has 21 heavy (non-hydrogen) atoms. The fourth-order valence-electron chi connectivity index (χ4n) is 1.82. The quantitative estimate of drug-likeness (QED) is 0.814. The maximum absolute atomic E-state index is 12.3. The second-order valence-electron chi connectivity index (χ2n) is 5.02. The molecule has 0 saturated heterocycles. The highest BCUT2D eigenvalue weighted by Gasteiger charge is 2.41. The molecular formula is C14H14F3N3O. The Morgan fingerprint density at radius 2 is 1.86 bits per heavy atom. The third-order valence-electron chi connectivity index (χ3n) is 3.02. The fourth-order valence-corrected chi connectivity index (χ4v) is 1.82. The van der Waals surface area contributed by atoms with Gasteiger partial charge in [-0.2, -0.15) is 13.2 Å². The van der Waals surface area contributed by atoms with E-state index in [4.69, 9.17) is 0 Å². The van der Waals surface area contributed by atoms with Gasteiger partial charge in [0.15, 0.2) is 5.69 Å². The van der Waals surface area contributed by atoms with Crippen molar-refractivity contribution in [2.75, 3.05) is 0 Å². The predicted octanol–water partition coefficient (Wildman–Crippen LogP) is 3.19. The standard InChI is InChI=1S/C14H14F3N3O/c1-9(2)11-5-3-10(4-6-11)7-20-8-12(18-19-20)13(21)14(15,16)17/h3-6,8-9H,7H2,1-2H3. The van der Waals surface area contributed by atoms with Crippen LogP contribution in [0.15, 0.2) is 30.5 Å². The summed E-state index contributed by atoms with van der Waals surface area (Å²) in [5.74, 6) is -1.58. The number of hydrogen-bond acceptors (Lipinski definition) is 3. The zero-order valence-electron chi connectivity index (χ0n) is 11.6. The summed E-state index contributed by atoms with van der Waals surface area (Å²) in [6.45, 7) is 4.40. The first-order valence-corrected chi connectivity index (χ1v) is 6.38. The number of carbonyl (C=O) groups is 1. The lowest BCUT2D eigenvalue weighted by atomic mass is 10.0. The van der Waals surface area contributed by atoms with E-state index in [0.29, 0.717) is 5.92 Å². The number of Topliss-reactive ketones (excluding diaryl/α,β-unsaturated/α-hetero) is 1. The van der Waals surface area contributed by atoms with E-state index in [1.807, 2.05) is 24.3 Å². The van der Waals surface area contributed by atoms with Crippen LogP contribution in [-0.4, -0.2) is 27.0 Å². The minimum absolute atomic E-state index is 0.260. The van der Waals surface area contributed by atoms with Gasteiger partial charge >= 0.3 is 6.18 Å². The van der Waals surface area contributed by atoms with Crippen molar-refractivity contribution in [1.29, 1.82) is 0 Å². The first-order chi connectivity index (χ1) is 9.77. The molecule has 0 amide bonds. The molecule has 0 N–H and O–H groups in total. The number of rotatable bonds is 4. The second-order valence-corrected chi connectivity index (χ2v) is 5.02. The molecule has 2 rings (SSSR count). The molecule has 0 fully saturated rings. The number of aromatic nitrogens is 3. The lowest BCUT2D eigenvalue weighted by Crippen LogP contribution is -2.23. The zero-order valence-corrected chi connectivity index (χ0v) is 11.6. The molecule has 0 saturated carbocycles. The van der Waals surface area contributed by atoms with Crippen LogP contribution in [0.3, 0.4) is 0 Å². The summed E-state index contributed by atoms with van der Waals surface area (Å²) in [4.78, 5) is 11.0. The van der Waals surface area contributed by atoms with Crippen molar-refractivity contribution in [2.24, 2.45) is 0 Å². The molecule has 0 atom stereocenters. The Morgan fingerprint density at radius 3 is 2.38 bits per heavy atom. The van der Waals surface area contributed by atoms with Crippen LogP contribution in [0.4, 0.5) is 13.2 Å². The van der Waals surface area contributed by atoms with Crippen LogP contribution in [0.5, 0.6) is 0 Å². The van der Waals surface area contributed by atoms with E-state index in [1.54, 1.807) is 0 Å². The van der Waals surface area contributed by atoms with Crippen LogP contribution in [0.25, 0.3) is 0 Å². The van der Waals surface area contributed by atoms with Gasteiger partial charge in [-0.15, -0.1) is 5.10 Å². The lowest BCUT2D eigenvalue weighted by Gasteiger charge is -2.06. The summed E-state index contributed by atoms with van der Waals surface area (Å²) in [6.07, 6.45) is -3.92. The number of halogens is 3. The highest BCUT2D eigenvalue weighted by molar-refractivity contribution is 5.98. The van der Waals surface area contributed by atoms with Crippen LogP contribution in [0.2, 0.25) is 0 Å². The van der Waals surface area contributed by atoms with E-state index in [2.05, 4.69) is 24.2 Å². The average Bonchev–Trinajstić information content (AvgIpc) is 2.85. The van der Waals surface area contributed by atoms with Gasteiger partial charge in [-0.05, 0) is 17.0 Å². The zero-order chi connectivity index (χ0) is 15.6. The number of carbonyl (C=O) groups excluding carboxylic acids is 1. The molecule has 1 aromatic heterocycles. The summed E-state index contributed by atoms with van der Waals surface area (Å²) in [5, 5.41) is 6.82. The van der Waals surface area contributed by atoms with Crippen molar-refractivity contribution in [3.05, 3.63) is 47.3 Å². The number of nitrogens with zero attached hydrogens (tertiary/aromatic N) is 3. The first-order valence-electron chi connectivity index (χ1n) is 6.38. The van der Waals surface area contributed by atoms with Crippen molar-refractivity contribution in [3.63, 3.8) is 0 Å². The Bertz CT molecular complexity index is 630. The molecule has 0 aliphatic heterocycles. The van der Waals surface area contributed by atoms with Gasteiger partial charge in [0, 0.05) is 0 Å². The summed E-state index contributed by atoms with van der Waals surface area (Å²) >= 11 is 0. The van der Waals surface area contributed by atoms with Crippen LogP contribution in [-0.2, 0) is 6.54 Å². The molecule has 0 bridgehead atoms. The molecule has 1 aromatic carbocycles. The maximum Gasteiger partial charge on any atom is 0.456 e. The average molecular weight is 297 g/mol. The molecule has 0 radical (unpaired) electrons. The van der Waals surface area contributed by atoms with Crippen LogP contribution < -0.4 is 0 Å². The molecule has 0 spiro atoms. The topological polar surface area (TPSA) is 47.8 Å². The van der Waals surface area contributed by atoms with E-state index < -0.39 is 17.7 Å². The van der Waals surface area contributed by atoms with Crippen molar-refractivity contribution in [2.45, 2.75) is 32.5 Å². The third kappa shape index (κ3) is 3.68. The molecule has 7 heteroatoms. The molecule has 1 heterocycles. The molecule has 0 aliphatic carbocycles. The van der Waals surface area contributed by atoms with Crippen molar-refractivity contribution in [3.8, 4) is 0 Å². The largest absolute Gasteiger partial charge is 0.456 e. The third-order valence-corrected chi connectivity index (χ3v) is 3.02. The Balaban J connectivity index is 2.11. The van der Waals surface area contributed by atoms with Crippen molar-refractivity contribution in [1.82, 2.24) is 15.0 Å². The molecule has 4 nitrogen and oxygen atoms in total. The van der Waals surface area contributed by atoms with Gasteiger partial charge < -0.3 is 0 Å². The number of alkyl halides is 3. The number of benzene rings is 1. The van der Waals surface area contributed by atoms with Gasteiger partial charge in [-0.25, -0.2) is 4.68 Å². The minimum Gasteiger partial charge on any atom is -0.282 e. The van der Waals surface area contributed by atoms with Gasteiger partial charge in [0.1, 0.15) is 0 Å². The fraction of sp³-hybridized carbons (Fsp3) is 0.357. The molecular weight excluding hydrogens is 283 g/mol. The number of ketones is 1. The van der Waals surface area contributed by atoms with E-state index in [0.717, 1.165) is 11.8 Å². The SMILES string of the molecule is CC(C)c1ccc(Cn2cc(C(=O)C(F)(F)F)nn2)cc1. The van der Waals surface area contributed by atoms with Crippen molar-refractivity contribution >= 4 is 5.78 Å². The summed E-state index contributed by atoms with van der Waals surface area (Å²) in [7, 11) is 0. The monoisotopic (exact) mass is 297 g/mol. The van der Waals surface area contributed by atoms with E-state index in [1.165, 1.54) is 10.2 Å². The molecule has 2 aromatic rings. The molecule has 0 unspecified atom stereocenters. The minimum atomic E-state index is -4.93. The highest BCUT2D eigenvalue weighted by atomic mass is 19.4. The summed E-state index contributed by atoms with van der Waals surface area (Å²) in [5.41, 5.74) is 1.35. The van der Waals surface area contributed by atoms with E-state index >= 15 is 0 Å². The van der Waals surface area contributed by atoms with E-state index in [-0.39, 0.29) is 6.54 Å². The number of hydrogen-bond donors (Lipinski definition) is 0. The van der Waals surface area contributed by atoms with Gasteiger partial charge in [-0.3, -0.25) is 4.79 Å².